The third-order valence-electron chi connectivity index (χ3n) is 8.29. The van der Waals surface area contributed by atoms with Crippen LogP contribution < -0.4 is 5.32 Å². The van der Waals surface area contributed by atoms with E-state index in [1.807, 2.05) is 81.1 Å². The SMILES string of the molecule is CCOC(=O)C(C(=O)N[C@@H](CCN1CC2CN(C(=O)c3c(C)cccc3C)CC2C1)c1ccccc1)C(C)C. The first-order chi connectivity index (χ1) is 18.7. The van der Waals surface area contributed by atoms with Crippen LogP contribution in [0.25, 0.3) is 0 Å². The van der Waals surface area contributed by atoms with Crippen LogP contribution in [0.2, 0.25) is 0 Å². The lowest BCUT2D eigenvalue weighted by Gasteiger charge is -2.27. The number of hydrogen-bond donors (Lipinski definition) is 1. The van der Waals surface area contributed by atoms with E-state index >= 15 is 0 Å². The molecule has 1 N–H and O–H groups in total. The first kappa shape index (κ1) is 28.8. The van der Waals surface area contributed by atoms with E-state index in [1.165, 1.54) is 0 Å². The molecule has 0 saturated carbocycles. The summed E-state index contributed by atoms with van der Waals surface area (Å²) in [5, 5.41) is 3.16. The predicted molar refractivity (Wildman–Crippen MR) is 152 cm³/mol. The van der Waals surface area contributed by atoms with Gasteiger partial charge in [0.1, 0.15) is 5.92 Å². The summed E-state index contributed by atoms with van der Waals surface area (Å²) in [4.78, 5) is 43.6. The van der Waals surface area contributed by atoms with Gasteiger partial charge in [-0.25, -0.2) is 0 Å². The van der Waals surface area contributed by atoms with Gasteiger partial charge in [-0.3, -0.25) is 14.4 Å². The Kier molecular flexibility index (Phi) is 9.44. The summed E-state index contributed by atoms with van der Waals surface area (Å²) in [6, 6.07) is 15.8. The Morgan fingerprint density at radius 3 is 2.10 bits per heavy atom. The van der Waals surface area contributed by atoms with E-state index in [4.69, 9.17) is 4.74 Å². The first-order valence-corrected chi connectivity index (χ1v) is 14.3. The van der Waals surface area contributed by atoms with Gasteiger partial charge in [0.25, 0.3) is 5.91 Å². The molecule has 7 heteroatoms. The Labute approximate surface area is 232 Å². The maximum atomic E-state index is 13.3. The summed E-state index contributed by atoms with van der Waals surface area (Å²) in [6.45, 7) is 14.1. The fourth-order valence-electron chi connectivity index (χ4n) is 6.24. The molecule has 0 spiro atoms. The summed E-state index contributed by atoms with van der Waals surface area (Å²) in [5.41, 5.74) is 3.95. The van der Waals surface area contributed by atoms with Crippen LogP contribution in [0, 0.1) is 37.5 Å². The van der Waals surface area contributed by atoms with Gasteiger partial charge in [-0.15, -0.1) is 0 Å². The maximum absolute atomic E-state index is 13.3. The van der Waals surface area contributed by atoms with Crippen LogP contribution in [0.5, 0.6) is 0 Å². The van der Waals surface area contributed by atoms with E-state index in [1.54, 1.807) is 6.92 Å². The number of rotatable bonds is 10. The molecule has 2 aromatic carbocycles. The standard InChI is InChI=1S/C32H43N3O4/c1-6-39-32(38)28(21(2)3)30(36)33-27(24-13-8-7-9-14-24)15-16-34-17-25-19-35(20-26(25)18-34)31(37)29-22(4)11-10-12-23(29)5/h7-14,21,25-28H,6,15-20H2,1-5H3,(H,33,36)/t25?,26?,27-,28?/m0/s1. The Hall–Kier alpha value is -3.19. The van der Waals surface area contributed by atoms with E-state index in [0.29, 0.717) is 11.8 Å². The van der Waals surface area contributed by atoms with Crippen molar-refractivity contribution in [1.29, 1.82) is 0 Å². The Morgan fingerprint density at radius 1 is 0.923 bits per heavy atom. The van der Waals surface area contributed by atoms with Crippen LogP contribution in [-0.4, -0.2) is 66.9 Å². The Bertz CT molecular complexity index is 1130. The van der Waals surface area contributed by atoms with Crippen molar-refractivity contribution >= 4 is 17.8 Å². The van der Waals surface area contributed by atoms with Gasteiger partial charge >= 0.3 is 5.97 Å². The van der Waals surface area contributed by atoms with Crippen molar-refractivity contribution in [3.63, 3.8) is 0 Å². The third kappa shape index (κ3) is 6.70. The van der Waals surface area contributed by atoms with Crippen molar-refractivity contribution in [2.75, 3.05) is 39.3 Å². The zero-order chi connectivity index (χ0) is 28.1. The molecule has 7 nitrogen and oxygen atoms in total. The lowest BCUT2D eigenvalue weighted by Crippen LogP contribution is -2.42. The lowest BCUT2D eigenvalue weighted by molar-refractivity contribution is -0.154. The number of benzene rings is 2. The molecule has 2 aliphatic rings. The number of fused-ring (bicyclic) bond motifs is 1. The smallest absolute Gasteiger partial charge is 0.318 e. The van der Waals surface area contributed by atoms with Gasteiger partial charge in [0.15, 0.2) is 0 Å². The quantitative estimate of drug-likeness (QED) is 0.362. The number of amides is 2. The van der Waals surface area contributed by atoms with E-state index in [-0.39, 0.29) is 30.4 Å². The highest BCUT2D eigenvalue weighted by molar-refractivity contribution is 5.98. The van der Waals surface area contributed by atoms with Crippen molar-refractivity contribution in [3.05, 3.63) is 70.8 Å². The van der Waals surface area contributed by atoms with E-state index in [2.05, 4.69) is 10.2 Å². The molecule has 0 aliphatic carbocycles. The van der Waals surface area contributed by atoms with Gasteiger partial charge < -0.3 is 19.9 Å². The lowest BCUT2D eigenvalue weighted by atomic mass is 9.93. The summed E-state index contributed by atoms with van der Waals surface area (Å²) in [5.74, 6) is -0.648. The van der Waals surface area contributed by atoms with E-state index < -0.39 is 11.9 Å². The molecule has 210 valence electrons. The van der Waals surface area contributed by atoms with Gasteiger partial charge in [-0.1, -0.05) is 62.4 Å². The second-order valence-electron chi connectivity index (χ2n) is 11.5. The minimum atomic E-state index is -0.831. The molecule has 3 unspecified atom stereocenters. The van der Waals surface area contributed by atoms with Crippen LogP contribution in [0.15, 0.2) is 48.5 Å². The summed E-state index contributed by atoms with van der Waals surface area (Å²) < 4.78 is 5.19. The second-order valence-corrected chi connectivity index (χ2v) is 11.5. The van der Waals surface area contributed by atoms with Crippen LogP contribution in [-0.2, 0) is 14.3 Å². The molecule has 2 fully saturated rings. The molecular formula is C32H43N3O4. The largest absolute Gasteiger partial charge is 0.465 e. The van der Waals surface area contributed by atoms with Crippen molar-refractivity contribution in [2.24, 2.45) is 23.7 Å². The topological polar surface area (TPSA) is 79.0 Å². The molecule has 2 heterocycles. The van der Waals surface area contributed by atoms with Crippen molar-refractivity contribution < 1.29 is 19.1 Å². The number of nitrogens with one attached hydrogen (secondary N) is 1. The zero-order valence-electron chi connectivity index (χ0n) is 24.0. The summed E-state index contributed by atoms with van der Waals surface area (Å²) >= 11 is 0. The van der Waals surface area contributed by atoms with Crippen molar-refractivity contribution in [1.82, 2.24) is 15.1 Å². The minimum absolute atomic E-state index is 0.153. The van der Waals surface area contributed by atoms with Crippen LogP contribution in [0.1, 0.15) is 60.3 Å². The summed E-state index contributed by atoms with van der Waals surface area (Å²) in [7, 11) is 0. The molecule has 2 aromatic rings. The predicted octanol–water partition coefficient (Wildman–Crippen LogP) is 4.39. The Morgan fingerprint density at radius 2 is 1.54 bits per heavy atom. The Balaban J connectivity index is 1.36. The molecule has 4 atom stereocenters. The second kappa shape index (κ2) is 12.8. The highest BCUT2D eigenvalue weighted by atomic mass is 16.5. The van der Waals surface area contributed by atoms with Gasteiger partial charge in [0, 0.05) is 38.3 Å². The van der Waals surface area contributed by atoms with Crippen molar-refractivity contribution in [3.8, 4) is 0 Å². The van der Waals surface area contributed by atoms with Crippen LogP contribution >= 0.6 is 0 Å². The van der Waals surface area contributed by atoms with Crippen LogP contribution in [0.4, 0.5) is 0 Å². The number of aryl methyl sites for hydroxylation is 2. The molecular weight excluding hydrogens is 490 g/mol. The highest BCUT2D eigenvalue weighted by Crippen LogP contribution is 2.33. The third-order valence-corrected chi connectivity index (χ3v) is 8.29. The normalized spacial score (nSPS) is 20.5. The molecule has 0 aromatic heterocycles. The zero-order valence-corrected chi connectivity index (χ0v) is 24.0. The number of carbonyl (C=O) groups excluding carboxylic acids is 3. The molecule has 2 aliphatic heterocycles. The monoisotopic (exact) mass is 533 g/mol. The number of hydrogen-bond acceptors (Lipinski definition) is 5. The first-order valence-electron chi connectivity index (χ1n) is 14.3. The number of carbonyl (C=O) groups is 3. The van der Waals surface area contributed by atoms with Crippen LogP contribution in [0.3, 0.4) is 0 Å². The molecule has 4 rings (SSSR count). The van der Waals surface area contributed by atoms with Gasteiger partial charge in [-0.05, 0) is 61.6 Å². The average Bonchev–Trinajstić information content (AvgIpc) is 3.46. The molecule has 2 saturated heterocycles. The average molecular weight is 534 g/mol. The van der Waals surface area contributed by atoms with E-state index in [0.717, 1.165) is 61.4 Å². The van der Waals surface area contributed by atoms with Crippen molar-refractivity contribution in [2.45, 2.75) is 47.1 Å². The number of likely N-dealkylation sites (tertiary alicyclic amines) is 2. The minimum Gasteiger partial charge on any atom is -0.465 e. The highest BCUT2D eigenvalue weighted by Gasteiger charge is 2.42. The number of ether oxygens (including phenoxy) is 1. The maximum Gasteiger partial charge on any atom is 0.318 e. The van der Waals surface area contributed by atoms with Gasteiger partial charge in [0.2, 0.25) is 5.91 Å². The fourth-order valence-corrected chi connectivity index (χ4v) is 6.24. The van der Waals surface area contributed by atoms with Gasteiger partial charge in [-0.2, -0.15) is 0 Å². The number of esters is 1. The molecule has 0 radical (unpaired) electrons. The van der Waals surface area contributed by atoms with Gasteiger partial charge in [0.05, 0.1) is 12.6 Å². The fraction of sp³-hybridized carbons (Fsp3) is 0.531. The van der Waals surface area contributed by atoms with E-state index in [9.17, 15) is 14.4 Å². The number of nitrogens with zero attached hydrogens (tertiary/aromatic N) is 2. The summed E-state index contributed by atoms with van der Waals surface area (Å²) in [6.07, 6.45) is 0.744. The molecule has 39 heavy (non-hydrogen) atoms. The molecule has 2 amide bonds. The molecule has 0 bridgehead atoms.